The summed E-state index contributed by atoms with van der Waals surface area (Å²) in [5.41, 5.74) is 13.7. The van der Waals surface area contributed by atoms with Crippen LogP contribution in [-0.4, -0.2) is 11.3 Å². The highest BCUT2D eigenvalue weighted by Gasteiger charge is 2.47. The zero-order valence-electron chi connectivity index (χ0n) is 48.4. The van der Waals surface area contributed by atoms with E-state index in [1.54, 1.807) is 21.2 Å². The minimum absolute atomic E-state index is 0.0588. The highest BCUT2D eigenvalue weighted by atomic mass is 31.1. The van der Waals surface area contributed by atoms with Gasteiger partial charge < -0.3 is 0 Å². The summed E-state index contributed by atoms with van der Waals surface area (Å²) in [4.78, 5) is 0. The Kier molecular flexibility index (Phi) is 15.4. The van der Waals surface area contributed by atoms with E-state index in [9.17, 15) is 0 Å². The molecule has 0 saturated heterocycles. The van der Waals surface area contributed by atoms with Gasteiger partial charge in [-0.2, -0.15) is 0 Å². The highest BCUT2D eigenvalue weighted by molar-refractivity contribution is 7.74. The topological polar surface area (TPSA) is 0 Å². The first-order valence-corrected chi connectivity index (χ1v) is 29.8. The Bertz CT molecular complexity index is 1950. The first kappa shape index (κ1) is 55.1. The predicted octanol–water partition coefficient (Wildman–Crippen LogP) is 18.0. The third-order valence-electron chi connectivity index (χ3n) is 16.0. The van der Waals surface area contributed by atoms with Gasteiger partial charge >= 0.3 is 0 Å². The van der Waals surface area contributed by atoms with Crippen LogP contribution in [0, 0.1) is 11.8 Å². The summed E-state index contributed by atoms with van der Waals surface area (Å²) in [7, 11) is -1.37. The lowest BCUT2D eigenvalue weighted by Gasteiger charge is -2.40. The monoisotopic (exact) mass is 955 g/mol. The minimum atomic E-state index is -0.683. The molecule has 2 heteroatoms. The molecule has 374 valence electrons. The Morgan fingerprint density at radius 1 is 0.250 bits per heavy atom. The van der Waals surface area contributed by atoms with Crippen molar-refractivity contribution in [3.63, 3.8) is 0 Å². The Morgan fingerprint density at radius 3 is 0.559 bits per heavy atom. The van der Waals surface area contributed by atoms with Crippen LogP contribution in [0.1, 0.15) is 249 Å². The largest absolute Gasteiger partial charge is 0.0561 e. The second-order valence-electron chi connectivity index (χ2n) is 30.1. The van der Waals surface area contributed by atoms with Crippen molar-refractivity contribution < 1.29 is 0 Å². The zero-order chi connectivity index (χ0) is 51.1. The van der Waals surface area contributed by atoms with Gasteiger partial charge in [-0.25, -0.2) is 0 Å². The van der Waals surface area contributed by atoms with Crippen LogP contribution in [0.3, 0.4) is 0 Å². The van der Waals surface area contributed by atoms with Crippen LogP contribution in [0.25, 0.3) is 0 Å². The second-order valence-corrected chi connectivity index (χ2v) is 35.0. The number of hydrogen-bond acceptors (Lipinski definition) is 0. The van der Waals surface area contributed by atoms with E-state index >= 15 is 0 Å². The van der Waals surface area contributed by atoms with Gasteiger partial charge in [-0.15, -0.1) is 0 Å². The van der Waals surface area contributed by atoms with E-state index in [-0.39, 0.29) is 43.3 Å². The molecule has 0 spiro atoms. The third kappa shape index (κ3) is 12.5. The van der Waals surface area contributed by atoms with Crippen LogP contribution in [0.4, 0.5) is 0 Å². The molecule has 0 radical (unpaired) electrons. The predicted molar refractivity (Wildman–Crippen MR) is 310 cm³/mol. The van der Waals surface area contributed by atoms with Gasteiger partial charge in [-0.3, -0.25) is 0 Å². The van der Waals surface area contributed by atoms with Crippen LogP contribution in [0.5, 0.6) is 0 Å². The van der Waals surface area contributed by atoms with Crippen molar-refractivity contribution in [3.05, 3.63) is 117 Å². The van der Waals surface area contributed by atoms with E-state index in [2.05, 4.69) is 239 Å². The van der Waals surface area contributed by atoms with Crippen LogP contribution < -0.4 is 21.2 Å². The van der Waals surface area contributed by atoms with Gasteiger partial charge in [0.15, 0.2) is 0 Å². The van der Waals surface area contributed by atoms with Crippen LogP contribution in [0.2, 0.25) is 0 Å². The van der Waals surface area contributed by atoms with Crippen molar-refractivity contribution in [2.45, 2.75) is 259 Å². The SMILES string of the molecule is CC(C)(C)c1cc(P(c2cc(C(C)(C)C)cc(C(C)(C)C)c2)[C@@H]2CCC[C@@H]2[C@H]2CCC[C@H]2P(c2cc(C(C)(C)C)cc(C(C)(C)C)c2)c2cc(C(C)(C)C)cc(C(C)(C)C)c2)cc(C(C)(C)C)c1. The van der Waals surface area contributed by atoms with E-state index in [0.29, 0.717) is 23.2 Å². The summed E-state index contributed by atoms with van der Waals surface area (Å²) in [5.74, 6) is 1.37. The van der Waals surface area contributed by atoms with Crippen LogP contribution in [-0.2, 0) is 43.3 Å². The summed E-state index contributed by atoms with van der Waals surface area (Å²) >= 11 is 0. The standard InChI is InChI=1S/C66H100P2/c1-59(2,3)43-31-44(60(4,5)6)36-51(35-43)67(52-37-45(61(7,8)9)32-46(38-52)62(10,11)12)57-29-25-27-55(57)56-28-26-30-58(56)68(53-39-47(63(13,14)15)33-48(40-53)64(16,17)18)54-41-49(65(19,20)21)34-50(42-54)66(22,23)24/h31-42,55-58H,25-30H2,1-24H3/t55-,56-,57-,58-/m1/s1. The average Bonchev–Trinajstić information content (AvgIpc) is 3.85. The molecule has 0 heterocycles. The average molecular weight is 955 g/mol. The maximum atomic E-state index is 2.70. The quantitative estimate of drug-likeness (QED) is 0.162. The van der Waals surface area contributed by atoms with Gasteiger partial charge in [0, 0.05) is 0 Å². The highest BCUT2D eigenvalue weighted by Crippen LogP contribution is 2.61. The van der Waals surface area contributed by atoms with Crippen molar-refractivity contribution in [2.24, 2.45) is 11.8 Å². The Labute approximate surface area is 423 Å². The van der Waals surface area contributed by atoms with Crippen LogP contribution in [0.15, 0.2) is 72.8 Å². The number of hydrogen-bond donors (Lipinski definition) is 0. The molecule has 0 aliphatic heterocycles. The van der Waals surface area contributed by atoms with E-state index in [1.165, 1.54) is 83.0 Å². The first-order valence-electron chi connectivity index (χ1n) is 27.0. The molecule has 4 atom stereocenters. The molecule has 2 aliphatic rings. The number of benzene rings is 4. The lowest BCUT2D eigenvalue weighted by Crippen LogP contribution is -2.36. The molecule has 0 unspecified atom stereocenters. The van der Waals surface area contributed by atoms with E-state index in [0.717, 1.165) is 0 Å². The van der Waals surface area contributed by atoms with Crippen LogP contribution >= 0.6 is 15.8 Å². The van der Waals surface area contributed by atoms with Crippen molar-refractivity contribution in [1.82, 2.24) is 0 Å². The van der Waals surface area contributed by atoms with E-state index in [1.807, 2.05) is 0 Å². The Balaban J connectivity index is 1.66. The Morgan fingerprint density at radius 2 is 0.412 bits per heavy atom. The molecular weight excluding hydrogens is 855 g/mol. The van der Waals surface area contributed by atoms with Gasteiger partial charge in [-0.1, -0.05) is 252 Å². The molecule has 2 saturated carbocycles. The maximum absolute atomic E-state index is 2.70. The summed E-state index contributed by atoms with van der Waals surface area (Å²) in [6.07, 6.45) is 8.05. The van der Waals surface area contributed by atoms with Crippen molar-refractivity contribution >= 4 is 37.1 Å². The van der Waals surface area contributed by atoms with Gasteiger partial charge in [0.25, 0.3) is 0 Å². The van der Waals surface area contributed by atoms with Gasteiger partial charge in [-0.05, 0) is 174 Å². The fourth-order valence-electron chi connectivity index (χ4n) is 11.1. The van der Waals surface area contributed by atoms with Crippen molar-refractivity contribution in [2.75, 3.05) is 0 Å². The fourth-order valence-corrected chi connectivity index (χ4v) is 17.8. The number of rotatable bonds is 7. The molecule has 68 heavy (non-hydrogen) atoms. The molecule has 0 bridgehead atoms. The summed E-state index contributed by atoms with van der Waals surface area (Å²) in [6, 6.07) is 31.9. The molecule has 4 aromatic carbocycles. The fraction of sp³-hybridized carbons (Fsp3) is 0.636. The first-order chi connectivity index (χ1) is 30.7. The van der Waals surface area contributed by atoms with E-state index in [4.69, 9.17) is 0 Å². The molecule has 4 aromatic rings. The van der Waals surface area contributed by atoms with Gasteiger partial charge in [0.1, 0.15) is 0 Å². The third-order valence-corrected chi connectivity index (χ3v) is 21.9. The lowest BCUT2D eigenvalue weighted by molar-refractivity contribution is 0.358. The molecule has 0 amide bonds. The molecule has 0 aromatic heterocycles. The van der Waals surface area contributed by atoms with E-state index < -0.39 is 15.8 Å². The molecule has 6 rings (SSSR count). The summed E-state index contributed by atoms with van der Waals surface area (Å²) in [6.45, 7) is 58.4. The maximum Gasteiger partial charge on any atom is -0.00976 e. The van der Waals surface area contributed by atoms with Gasteiger partial charge in [0.2, 0.25) is 0 Å². The van der Waals surface area contributed by atoms with Crippen molar-refractivity contribution in [3.8, 4) is 0 Å². The Hall–Kier alpha value is -2.26. The molecular formula is C66H100P2. The van der Waals surface area contributed by atoms with Gasteiger partial charge in [0.05, 0.1) is 0 Å². The summed E-state index contributed by atoms with van der Waals surface area (Å²) in [5, 5.41) is 6.49. The normalized spacial score (nSPS) is 20.6. The smallest absolute Gasteiger partial charge is 0.00976 e. The molecule has 2 fully saturated rings. The summed E-state index contributed by atoms with van der Waals surface area (Å²) < 4.78 is 0. The lowest BCUT2D eigenvalue weighted by atomic mass is 9.81. The molecule has 0 nitrogen and oxygen atoms in total. The van der Waals surface area contributed by atoms with Crippen molar-refractivity contribution in [1.29, 1.82) is 0 Å². The molecule has 0 N–H and O–H groups in total. The second kappa shape index (κ2) is 19.0. The minimum Gasteiger partial charge on any atom is -0.0561 e. The molecule has 2 aliphatic carbocycles. The zero-order valence-corrected chi connectivity index (χ0v) is 50.2.